The number of rotatable bonds is 3. The van der Waals surface area contributed by atoms with Gasteiger partial charge in [0.15, 0.2) is 0 Å². The van der Waals surface area contributed by atoms with Crippen LogP contribution in [-0.2, 0) is 11.2 Å². The summed E-state index contributed by atoms with van der Waals surface area (Å²) in [4.78, 5) is 14.1. The third-order valence-electron chi connectivity index (χ3n) is 1.24. The van der Waals surface area contributed by atoms with Gasteiger partial charge in [0.1, 0.15) is 0 Å². The Morgan fingerprint density at radius 1 is 1.73 bits per heavy atom. The summed E-state index contributed by atoms with van der Waals surface area (Å²) in [6.45, 7) is 0. The number of nitrogens with zero attached hydrogens (tertiary/aromatic N) is 1. The van der Waals surface area contributed by atoms with Gasteiger partial charge in [0.05, 0.1) is 6.42 Å². The van der Waals surface area contributed by atoms with Crippen LogP contribution in [0.3, 0.4) is 0 Å². The van der Waals surface area contributed by atoms with Gasteiger partial charge in [-0.05, 0) is 6.07 Å². The molecule has 0 amide bonds. The zero-order valence-electron chi connectivity index (χ0n) is 5.95. The molecule has 0 aliphatic carbocycles. The van der Waals surface area contributed by atoms with Crippen molar-refractivity contribution in [3.8, 4) is 0 Å². The minimum absolute atomic E-state index is 0.119. The SMILES string of the molecule is O=C(O)CCc1[c]cccn1. The average molecular weight is 150 g/mol. The summed E-state index contributed by atoms with van der Waals surface area (Å²) < 4.78 is 0. The molecule has 3 heteroatoms. The average Bonchev–Trinajstić information content (AvgIpc) is 2.03. The molecule has 3 nitrogen and oxygen atoms in total. The molecule has 0 saturated heterocycles. The number of aromatic nitrogens is 1. The largest absolute Gasteiger partial charge is 0.481 e. The second-order valence-corrected chi connectivity index (χ2v) is 2.12. The number of pyridine rings is 1. The van der Waals surface area contributed by atoms with E-state index >= 15 is 0 Å². The first-order valence-corrected chi connectivity index (χ1v) is 3.32. The molecule has 11 heavy (non-hydrogen) atoms. The summed E-state index contributed by atoms with van der Waals surface area (Å²) in [6.07, 6.45) is 2.21. The summed E-state index contributed by atoms with van der Waals surface area (Å²) >= 11 is 0. The fraction of sp³-hybridized carbons (Fsp3) is 0.250. The number of hydrogen-bond acceptors (Lipinski definition) is 2. The molecule has 1 aromatic rings. The van der Waals surface area contributed by atoms with Gasteiger partial charge in [-0.25, -0.2) is 0 Å². The van der Waals surface area contributed by atoms with E-state index in [0.717, 1.165) is 0 Å². The maximum atomic E-state index is 10.1. The van der Waals surface area contributed by atoms with Gasteiger partial charge in [0, 0.05) is 24.4 Å². The van der Waals surface area contributed by atoms with Crippen LogP contribution in [0.5, 0.6) is 0 Å². The third kappa shape index (κ3) is 2.80. The molecule has 0 atom stereocenters. The molecule has 0 fully saturated rings. The van der Waals surface area contributed by atoms with Crippen molar-refractivity contribution < 1.29 is 9.90 Å². The molecule has 0 saturated carbocycles. The van der Waals surface area contributed by atoms with Crippen molar-refractivity contribution in [2.24, 2.45) is 0 Å². The predicted octanol–water partition coefficient (Wildman–Crippen LogP) is 0.899. The summed E-state index contributed by atoms with van der Waals surface area (Å²) in [5.41, 5.74) is 0.704. The molecular formula is C8H8NO2. The van der Waals surface area contributed by atoms with Crippen molar-refractivity contribution in [2.75, 3.05) is 0 Å². The topological polar surface area (TPSA) is 50.2 Å². The number of carbonyl (C=O) groups is 1. The molecule has 0 bridgehead atoms. The molecule has 0 aliphatic rings. The molecular weight excluding hydrogens is 142 g/mol. The van der Waals surface area contributed by atoms with Crippen LogP contribution in [0.2, 0.25) is 0 Å². The number of aryl methyl sites for hydroxylation is 1. The maximum absolute atomic E-state index is 10.1. The van der Waals surface area contributed by atoms with Crippen LogP contribution in [-0.4, -0.2) is 16.1 Å². The minimum Gasteiger partial charge on any atom is -0.481 e. The lowest BCUT2D eigenvalue weighted by Crippen LogP contribution is -1.98. The molecule has 1 N–H and O–H groups in total. The molecule has 1 rings (SSSR count). The molecule has 57 valence electrons. The van der Waals surface area contributed by atoms with E-state index in [0.29, 0.717) is 12.1 Å². The maximum Gasteiger partial charge on any atom is 0.303 e. The van der Waals surface area contributed by atoms with Crippen molar-refractivity contribution in [1.82, 2.24) is 4.98 Å². The highest BCUT2D eigenvalue weighted by Crippen LogP contribution is 1.96. The van der Waals surface area contributed by atoms with Gasteiger partial charge in [-0.15, -0.1) is 0 Å². The Morgan fingerprint density at radius 3 is 3.09 bits per heavy atom. The van der Waals surface area contributed by atoms with E-state index in [1.54, 1.807) is 18.3 Å². The van der Waals surface area contributed by atoms with E-state index in [9.17, 15) is 4.79 Å². The highest BCUT2D eigenvalue weighted by atomic mass is 16.4. The number of carboxylic acids is 1. The molecule has 0 aliphatic heterocycles. The monoisotopic (exact) mass is 150 g/mol. The lowest BCUT2D eigenvalue weighted by Gasteiger charge is -1.93. The Kier molecular flexibility index (Phi) is 2.60. The van der Waals surface area contributed by atoms with Crippen molar-refractivity contribution in [1.29, 1.82) is 0 Å². The van der Waals surface area contributed by atoms with Crippen LogP contribution >= 0.6 is 0 Å². The van der Waals surface area contributed by atoms with Gasteiger partial charge in [-0.3, -0.25) is 9.78 Å². The van der Waals surface area contributed by atoms with Gasteiger partial charge in [-0.2, -0.15) is 0 Å². The van der Waals surface area contributed by atoms with Gasteiger partial charge >= 0.3 is 5.97 Å². The smallest absolute Gasteiger partial charge is 0.303 e. The molecule has 0 aromatic carbocycles. The van der Waals surface area contributed by atoms with E-state index in [1.165, 1.54) is 0 Å². The van der Waals surface area contributed by atoms with Crippen molar-refractivity contribution >= 4 is 5.97 Å². The summed E-state index contributed by atoms with van der Waals surface area (Å²) in [5.74, 6) is -0.802. The van der Waals surface area contributed by atoms with Gasteiger partial charge in [0.2, 0.25) is 0 Å². The van der Waals surface area contributed by atoms with E-state index in [2.05, 4.69) is 11.1 Å². The molecule has 0 spiro atoms. The van der Waals surface area contributed by atoms with Crippen LogP contribution in [0, 0.1) is 6.07 Å². The number of hydrogen-bond donors (Lipinski definition) is 1. The van der Waals surface area contributed by atoms with Crippen LogP contribution in [0.4, 0.5) is 0 Å². The Labute approximate surface area is 64.7 Å². The third-order valence-corrected chi connectivity index (χ3v) is 1.24. The second-order valence-electron chi connectivity index (χ2n) is 2.12. The molecule has 1 aromatic heterocycles. The highest BCUT2D eigenvalue weighted by molar-refractivity contribution is 5.66. The lowest BCUT2D eigenvalue weighted by atomic mass is 10.2. The first kappa shape index (κ1) is 7.72. The first-order chi connectivity index (χ1) is 5.29. The Balaban J connectivity index is 2.45. The van der Waals surface area contributed by atoms with E-state index in [1.807, 2.05) is 0 Å². The van der Waals surface area contributed by atoms with Crippen molar-refractivity contribution in [3.05, 3.63) is 30.1 Å². The van der Waals surface area contributed by atoms with Crippen LogP contribution in [0.15, 0.2) is 18.3 Å². The minimum atomic E-state index is -0.802. The quantitative estimate of drug-likeness (QED) is 0.696. The van der Waals surface area contributed by atoms with Crippen LogP contribution in [0.1, 0.15) is 12.1 Å². The summed E-state index contributed by atoms with van der Waals surface area (Å²) in [5, 5.41) is 8.33. The zero-order valence-corrected chi connectivity index (χ0v) is 5.95. The Hall–Kier alpha value is -1.38. The van der Waals surface area contributed by atoms with Crippen molar-refractivity contribution in [2.45, 2.75) is 12.8 Å². The van der Waals surface area contributed by atoms with E-state index in [4.69, 9.17) is 5.11 Å². The lowest BCUT2D eigenvalue weighted by molar-refractivity contribution is -0.136. The summed E-state index contributed by atoms with van der Waals surface area (Å²) in [7, 11) is 0. The molecule has 1 heterocycles. The number of carboxylic acid groups (broad SMARTS) is 1. The summed E-state index contributed by atoms with van der Waals surface area (Å²) in [6, 6.07) is 6.33. The number of aliphatic carboxylic acids is 1. The Bertz CT molecular complexity index is 233. The van der Waals surface area contributed by atoms with Crippen LogP contribution < -0.4 is 0 Å². The highest BCUT2D eigenvalue weighted by Gasteiger charge is 1.98. The zero-order chi connectivity index (χ0) is 8.10. The van der Waals surface area contributed by atoms with Gasteiger partial charge in [-0.1, -0.05) is 6.07 Å². The predicted molar refractivity (Wildman–Crippen MR) is 39.0 cm³/mol. The second kappa shape index (κ2) is 3.71. The van der Waals surface area contributed by atoms with Crippen LogP contribution in [0.25, 0.3) is 0 Å². The standard InChI is InChI=1S/C8H8NO2/c10-8(11)5-4-7-3-1-2-6-9-7/h1-2,6H,4-5H2,(H,10,11). The molecule has 0 unspecified atom stereocenters. The van der Waals surface area contributed by atoms with Gasteiger partial charge in [0.25, 0.3) is 0 Å². The fourth-order valence-electron chi connectivity index (χ4n) is 0.720. The fourth-order valence-corrected chi connectivity index (χ4v) is 0.720. The van der Waals surface area contributed by atoms with Gasteiger partial charge < -0.3 is 5.11 Å². The van der Waals surface area contributed by atoms with E-state index < -0.39 is 5.97 Å². The first-order valence-electron chi connectivity index (χ1n) is 3.32. The van der Waals surface area contributed by atoms with E-state index in [-0.39, 0.29) is 6.42 Å². The Morgan fingerprint density at radius 2 is 2.55 bits per heavy atom. The normalized spacial score (nSPS) is 9.45. The van der Waals surface area contributed by atoms with Crippen molar-refractivity contribution in [3.63, 3.8) is 0 Å². The molecule has 1 radical (unpaired) electrons.